The fraction of sp³-hybridized carbons (Fsp3) is 0.278. The molecule has 110 valence electrons. The van der Waals surface area contributed by atoms with E-state index in [4.69, 9.17) is 11.6 Å². The quantitative estimate of drug-likeness (QED) is 0.758. The number of amides is 1. The fourth-order valence-electron chi connectivity index (χ4n) is 2.24. The molecule has 1 atom stereocenters. The molecule has 0 aliphatic heterocycles. The molecular formula is C18H20ClNO. The van der Waals surface area contributed by atoms with Gasteiger partial charge in [-0.3, -0.25) is 4.79 Å². The van der Waals surface area contributed by atoms with E-state index in [0.717, 1.165) is 11.1 Å². The maximum absolute atomic E-state index is 12.6. The summed E-state index contributed by atoms with van der Waals surface area (Å²) in [5.41, 5.74) is 3.98. The van der Waals surface area contributed by atoms with Gasteiger partial charge in [0.25, 0.3) is 5.91 Å². The highest BCUT2D eigenvalue weighted by atomic mass is 35.5. The third kappa shape index (κ3) is 3.64. The second-order valence-corrected chi connectivity index (χ2v) is 5.60. The Morgan fingerprint density at radius 3 is 2.48 bits per heavy atom. The molecule has 0 radical (unpaired) electrons. The molecule has 0 aliphatic carbocycles. The van der Waals surface area contributed by atoms with E-state index >= 15 is 0 Å². The number of halogens is 1. The van der Waals surface area contributed by atoms with Gasteiger partial charge in [-0.25, -0.2) is 0 Å². The zero-order valence-corrected chi connectivity index (χ0v) is 13.4. The summed E-state index contributed by atoms with van der Waals surface area (Å²) in [6.45, 7) is 4.09. The van der Waals surface area contributed by atoms with Crippen LogP contribution in [0.2, 0.25) is 0 Å². The van der Waals surface area contributed by atoms with Gasteiger partial charge in [-0.15, -0.1) is 11.6 Å². The molecular weight excluding hydrogens is 282 g/mol. The van der Waals surface area contributed by atoms with Crippen LogP contribution in [0.25, 0.3) is 0 Å². The fourth-order valence-corrected chi connectivity index (χ4v) is 2.40. The number of rotatable bonds is 4. The lowest BCUT2D eigenvalue weighted by molar-refractivity contribution is 0.0742. The second kappa shape index (κ2) is 6.77. The number of benzene rings is 2. The Hall–Kier alpha value is -1.80. The van der Waals surface area contributed by atoms with Crippen molar-refractivity contribution >= 4 is 17.5 Å². The lowest BCUT2D eigenvalue weighted by Gasteiger charge is -2.25. The highest BCUT2D eigenvalue weighted by Crippen LogP contribution is 2.21. The summed E-state index contributed by atoms with van der Waals surface area (Å²) >= 11 is 5.83. The molecule has 3 heteroatoms. The van der Waals surface area contributed by atoms with Gasteiger partial charge < -0.3 is 4.90 Å². The minimum atomic E-state index is 0.00930. The molecule has 0 bridgehead atoms. The molecule has 1 amide bonds. The number of nitrogens with zero attached hydrogens (tertiary/aromatic N) is 1. The summed E-state index contributed by atoms with van der Waals surface area (Å²) in [6.07, 6.45) is 0. The zero-order chi connectivity index (χ0) is 15.4. The Labute approximate surface area is 131 Å². The van der Waals surface area contributed by atoms with Gasteiger partial charge in [0.15, 0.2) is 0 Å². The highest BCUT2D eigenvalue weighted by Gasteiger charge is 2.18. The third-order valence-corrected chi connectivity index (χ3v) is 4.10. The summed E-state index contributed by atoms with van der Waals surface area (Å²) in [4.78, 5) is 14.3. The average Bonchev–Trinajstić information content (AvgIpc) is 2.53. The summed E-state index contributed by atoms with van der Waals surface area (Å²) < 4.78 is 0. The van der Waals surface area contributed by atoms with Crippen LogP contribution in [0.1, 0.15) is 40.0 Å². The van der Waals surface area contributed by atoms with Crippen LogP contribution in [0.4, 0.5) is 0 Å². The van der Waals surface area contributed by atoms with Crippen LogP contribution in [0, 0.1) is 6.92 Å². The van der Waals surface area contributed by atoms with E-state index < -0.39 is 0 Å². The second-order valence-electron chi connectivity index (χ2n) is 5.34. The van der Waals surface area contributed by atoms with Crippen molar-refractivity contribution in [2.45, 2.75) is 25.8 Å². The summed E-state index contributed by atoms with van der Waals surface area (Å²) in [7, 11) is 1.83. The van der Waals surface area contributed by atoms with E-state index in [1.165, 1.54) is 5.56 Å². The van der Waals surface area contributed by atoms with Crippen molar-refractivity contribution in [3.8, 4) is 0 Å². The first-order chi connectivity index (χ1) is 10.0. The maximum atomic E-state index is 12.6. The van der Waals surface area contributed by atoms with Crippen molar-refractivity contribution < 1.29 is 4.79 Å². The van der Waals surface area contributed by atoms with Crippen LogP contribution >= 0.6 is 11.6 Å². The molecule has 2 nitrogen and oxygen atoms in total. The van der Waals surface area contributed by atoms with E-state index in [2.05, 4.69) is 31.2 Å². The van der Waals surface area contributed by atoms with Crippen LogP contribution in [-0.2, 0) is 5.88 Å². The molecule has 0 heterocycles. The molecule has 2 aromatic carbocycles. The molecule has 0 fully saturated rings. The Morgan fingerprint density at radius 1 is 1.19 bits per heavy atom. The van der Waals surface area contributed by atoms with Gasteiger partial charge in [0.2, 0.25) is 0 Å². The van der Waals surface area contributed by atoms with Crippen molar-refractivity contribution in [1.29, 1.82) is 0 Å². The molecule has 2 aromatic rings. The van der Waals surface area contributed by atoms with Crippen molar-refractivity contribution in [2.24, 2.45) is 0 Å². The molecule has 1 unspecified atom stereocenters. The van der Waals surface area contributed by atoms with Gasteiger partial charge in [0.05, 0.1) is 6.04 Å². The molecule has 0 saturated carbocycles. The van der Waals surface area contributed by atoms with Crippen molar-refractivity contribution in [3.63, 3.8) is 0 Å². The first-order valence-electron chi connectivity index (χ1n) is 7.01. The van der Waals surface area contributed by atoms with Gasteiger partial charge in [0.1, 0.15) is 0 Å². The van der Waals surface area contributed by atoms with Crippen LogP contribution in [-0.4, -0.2) is 17.9 Å². The number of hydrogen-bond acceptors (Lipinski definition) is 1. The van der Waals surface area contributed by atoms with E-state index in [1.807, 2.05) is 38.2 Å². The van der Waals surface area contributed by atoms with E-state index in [9.17, 15) is 4.79 Å². The first-order valence-corrected chi connectivity index (χ1v) is 7.55. The van der Waals surface area contributed by atoms with Gasteiger partial charge in [0, 0.05) is 18.5 Å². The molecule has 21 heavy (non-hydrogen) atoms. The van der Waals surface area contributed by atoms with Gasteiger partial charge >= 0.3 is 0 Å². The largest absolute Gasteiger partial charge is 0.335 e. The zero-order valence-electron chi connectivity index (χ0n) is 12.6. The number of alkyl halides is 1. The minimum Gasteiger partial charge on any atom is -0.335 e. The first kappa shape index (κ1) is 15.6. The van der Waals surface area contributed by atoms with Gasteiger partial charge in [-0.05, 0) is 37.1 Å². The number of hydrogen-bond donors (Lipinski definition) is 0. The minimum absolute atomic E-state index is 0.00930. The smallest absolute Gasteiger partial charge is 0.254 e. The van der Waals surface area contributed by atoms with Crippen molar-refractivity contribution in [1.82, 2.24) is 4.90 Å². The molecule has 0 aliphatic rings. The number of carbonyl (C=O) groups is 1. The summed E-state index contributed by atoms with van der Waals surface area (Å²) in [5.74, 6) is 0.424. The van der Waals surface area contributed by atoms with Gasteiger partial charge in [-0.2, -0.15) is 0 Å². The highest BCUT2D eigenvalue weighted by molar-refractivity contribution is 6.17. The summed E-state index contributed by atoms with van der Waals surface area (Å²) in [6, 6.07) is 15.8. The monoisotopic (exact) mass is 301 g/mol. The van der Waals surface area contributed by atoms with Crippen LogP contribution in [0.3, 0.4) is 0 Å². The van der Waals surface area contributed by atoms with Crippen LogP contribution < -0.4 is 0 Å². The molecule has 0 aromatic heterocycles. The lowest BCUT2D eigenvalue weighted by Crippen LogP contribution is -2.29. The van der Waals surface area contributed by atoms with Gasteiger partial charge in [-0.1, -0.05) is 42.0 Å². The van der Waals surface area contributed by atoms with E-state index in [-0.39, 0.29) is 11.9 Å². The molecule has 2 rings (SSSR count). The standard InChI is InChI=1S/C18H20ClNO/c1-13-7-9-16(10-8-13)14(2)20(3)18(21)17-6-4-5-15(11-17)12-19/h4-11,14H,12H2,1-3H3. The Kier molecular flexibility index (Phi) is 5.03. The van der Waals surface area contributed by atoms with Crippen molar-refractivity contribution in [3.05, 3.63) is 70.8 Å². The Balaban J connectivity index is 2.19. The topological polar surface area (TPSA) is 20.3 Å². The van der Waals surface area contributed by atoms with E-state index in [1.54, 1.807) is 4.90 Å². The number of carbonyl (C=O) groups excluding carboxylic acids is 1. The average molecular weight is 302 g/mol. The molecule has 0 N–H and O–H groups in total. The van der Waals surface area contributed by atoms with Crippen LogP contribution in [0.5, 0.6) is 0 Å². The Bertz CT molecular complexity index is 621. The Morgan fingerprint density at radius 2 is 1.86 bits per heavy atom. The predicted molar refractivity (Wildman–Crippen MR) is 87.7 cm³/mol. The summed E-state index contributed by atoms with van der Waals surface area (Å²) in [5, 5.41) is 0. The SMILES string of the molecule is Cc1ccc(C(C)N(C)C(=O)c2cccc(CCl)c2)cc1. The lowest BCUT2D eigenvalue weighted by atomic mass is 10.0. The normalized spacial score (nSPS) is 12.0. The maximum Gasteiger partial charge on any atom is 0.254 e. The predicted octanol–water partition coefficient (Wildman–Crippen LogP) is 4.57. The van der Waals surface area contributed by atoms with E-state index in [0.29, 0.717) is 11.4 Å². The molecule has 0 spiro atoms. The molecule has 0 saturated heterocycles. The van der Waals surface area contributed by atoms with Crippen molar-refractivity contribution in [2.75, 3.05) is 7.05 Å². The third-order valence-electron chi connectivity index (χ3n) is 3.79. The van der Waals surface area contributed by atoms with Crippen LogP contribution in [0.15, 0.2) is 48.5 Å². The number of aryl methyl sites for hydroxylation is 1.